The lowest BCUT2D eigenvalue weighted by Crippen LogP contribution is -2.05. The van der Waals surface area contributed by atoms with Crippen LogP contribution < -0.4 is 4.74 Å². The van der Waals surface area contributed by atoms with E-state index in [1.807, 2.05) is 89.6 Å². The fraction of sp³-hybridized carbons (Fsp3) is 0.125. The topological polar surface area (TPSA) is 64.3 Å². The highest BCUT2D eigenvalue weighted by Crippen LogP contribution is 2.39. The van der Waals surface area contributed by atoms with Crippen molar-refractivity contribution in [2.45, 2.75) is 26.0 Å². The molecule has 0 fully saturated rings. The number of nitrogens with zero attached hydrogens (tertiary/aromatic N) is 2. The number of hydrogen-bond donors (Lipinski definition) is 1. The lowest BCUT2D eigenvalue weighted by atomic mass is 9.97. The van der Waals surface area contributed by atoms with E-state index in [0.29, 0.717) is 36.0 Å². The number of ether oxygens (including phenoxy) is 1. The fourth-order valence-electron chi connectivity index (χ4n) is 4.53. The second kappa shape index (κ2) is 12.3. The van der Waals surface area contributed by atoms with Gasteiger partial charge in [0.15, 0.2) is 0 Å². The van der Waals surface area contributed by atoms with Crippen LogP contribution in [0.5, 0.6) is 5.75 Å². The Hall–Kier alpha value is -3.87. The summed E-state index contributed by atoms with van der Waals surface area (Å²) >= 11 is 10.0. The number of hydrogen-bond acceptors (Lipinski definition) is 3. The minimum absolute atomic E-state index is 0.0334. The van der Waals surface area contributed by atoms with Crippen molar-refractivity contribution in [3.05, 3.63) is 129 Å². The van der Waals surface area contributed by atoms with E-state index in [1.54, 1.807) is 6.07 Å². The Morgan fingerprint density at radius 2 is 1.56 bits per heavy atom. The summed E-state index contributed by atoms with van der Waals surface area (Å²) in [5.41, 5.74) is 6.16. The van der Waals surface area contributed by atoms with Crippen LogP contribution in [0.15, 0.2) is 108 Å². The van der Waals surface area contributed by atoms with E-state index in [1.165, 1.54) is 0 Å². The second-order valence-corrected chi connectivity index (χ2v) is 10.5. The second-order valence-electron chi connectivity index (χ2n) is 9.13. The third kappa shape index (κ3) is 6.59. The maximum absolute atomic E-state index is 11.7. The summed E-state index contributed by atoms with van der Waals surface area (Å²) in [4.78, 5) is 11.7. The molecule has 0 spiro atoms. The minimum Gasteiger partial charge on any atom is -0.488 e. The van der Waals surface area contributed by atoms with E-state index in [9.17, 15) is 9.90 Å². The number of halogens is 2. The largest absolute Gasteiger partial charge is 0.488 e. The predicted octanol–water partition coefficient (Wildman–Crippen LogP) is 8.28. The molecule has 0 aliphatic carbocycles. The zero-order valence-electron chi connectivity index (χ0n) is 21.1. The van der Waals surface area contributed by atoms with Gasteiger partial charge < -0.3 is 9.84 Å². The van der Waals surface area contributed by atoms with Crippen LogP contribution in [0.25, 0.3) is 22.5 Å². The van der Waals surface area contributed by atoms with E-state index < -0.39 is 5.97 Å². The van der Waals surface area contributed by atoms with E-state index in [0.717, 1.165) is 38.0 Å². The van der Waals surface area contributed by atoms with Gasteiger partial charge in [0.05, 0.1) is 17.9 Å². The summed E-state index contributed by atoms with van der Waals surface area (Å²) in [6.45, 7) is 0.900. The van der Waals surface area contributed by atoms with Gasteiger partial charge in [-0.25, -0.2) is 0 Å². The summed E-state index contributed by atoms with van der Waals surface area (Å²) in [6.07, 6.45) is 0.268. The van der Waals surface area contributed by atoms with Gasteiger partial charge in [-0.3, -0.25) is 9.48 Å². The number of carboxylic acid groups (broad SMARTS) is 1. The molecule has 196 valence electrons. The van der Waals surface area contributed by atoms with Gasteiger partial charge in [0.2, 0.25) is 0 Å². The molecule has 0 atom stereocenters. The van der Waals surface area contributed by atoms with Crippen LogP contribution in [-0.4, -0.2) is 20.9 Å². The third-order valence-corrected chi connectivity index (χ3v) is 7.13. The monoisotopic (exact) mass is 600 g/mol. The Balaban J connectivity index is 1.67. The van der Waals surface area contributed by atoms with Crippen LogP contribution in [-0.2, 0) is 24.4 Å². The van der Waals surface area contributed by atoms with Gasteiger partial charge in [-0.15, -0.1) is 0 Å². The smallest absolute Gasteiger partial charge is 0.303 e. The molecule has 0 unspecified atom stereocenters. The van der Waals surface area contributed by atoms with E-state index in [4.69, 9.17) is 21.4 Å². The molecule has 5 nitrogen and oxygen atoms in total. The quantitative estimate of drug-likeness (QED) is 0.175. The molecule has 7 heteroatoms. The van der Waals surface area contributed by atoms with Gasteiger partial charge in [0.25, 0.3) is 0 Å². The predicted molar refractivity (Wildman–Crippen MR) is 158 cm³/mol. The van der Waals surface area contributed by atoms with Gasteiger partial charge in [-0.1, -0.05) is 100 Å². The van der Waals surface area contributed by atoms with Crippen LogP contribution in [0.4, 0.5) is 0 Å². The minimum atomic E-state index is -0.870. The molecular formula is C32H26BrClN2O3. The fourth-order valence-corrected chi connectivity index (χ4v) is 4.97. The molecule has 0 aliphatic heterocycles. The molecule has 5 aromatic rings. The van der Waals surface area contributed by atoms with Crippen molar-refractivity contribution in [2.24, 2.45) is 0 Å². The third-order valence-electron chi connectivity index (χ3n) is 6.37. The number of benzene rings is 4. The van der Waals surface area contributed by atoms with E-state index >= 15 is 0 Å². The summed E-state index contributed by atoms with van der Waals surface area (Å²) < 4.78 is 9.18. The number of carbonyl (C=O) groups is 1. The van der Waals surface area contributed by atoms with Crippen molar-refractivity contribution in [1.29, 1.82) is 0 Å². The van der Waals surface area contributed by atoms with Crippen molar-refractivity contribution in [3.63, 3.8) is 0 Å². The zero-order chi connectivity index (χ0) is 27.2. The number of aliphatic carboxylic acids is 1. The van der Waals surface area contributed by atoms with Crippen LogP contribution in [0.2, 0.25) is 5.02 Å². The summed E-state index contributed by atoms with van der Waals surface area (Å²) in [6, 6.07) is 33.5. The molecule has 0 saturated heterocycles. The zero-order valence-corrected chi connectivity index (χ0v) is 23.4. The van der Waals surface area contributed by atoms with Crippen LogP contribution in [0.1, 0.15) is 23.1 Å². The average Bonchev–Trinajstić information content (AvgIpc) is 3.30. The normalized spacial score (nSPS) is 10.9. The maximum Gasteiger partial charge on any atom is 0.303 e. The lowest BCUT2D eigenvalue weighted by molar-refractivity contribution is -0.136. The van der Waals surface area contributed by atoms with Gasteiger partial charge in [0, 0.05) is 32.6 Å². The van der Waals surface area contributed by atoms with Gasteiger partial charge in [-0.2, -0.15) is 5.10 Å². The number of carboxylic acids is 1. The van der Waals surface area contributed by atoms with E-state index in [2.05, 4.69) is 28.1 Å². The van der Waals surface area contributed by atoms with Crippen LogP contribution in [0, 0.1) is 0 Å². The summed E-state index contributed by atoms with van der Waals surface area (Å²) in [5, 5.41) is 15.2. The van der Waals surface area contributed by atoms with Crippen molar-refractivity contribution in [3.8, 4) is 28.3 Å². The standard InChI is InChI=1S/C32H26BrClN2O3/c33-25-13-11-24(12-14-25)32-27(16-18-30(37)38)31(35-36(32)20-22-7-3-1-4-8-22)28-19-26(34)15-17-29(28)39-21-23-9-5-2-6-10-23/h1-15,17,19H,16,18,20-21H2,(H,37,38). The SMILES string of the molecule is O=C(O)CCc1c(-c2cc(Cl)ccc2OCc2ccccc2)nn(Cc2ccccc2)c1-c1ccc(Br)cc1. The average molecular weight is 602 g/mol. The van der Waals surface area contributed by atoms with Crippen molar-refractivity contribution in [2.75, 3.05) is 0 Å². The van der Waals surface area contributed by atoms with E-state index in [-0.39, 0.29) is 6.42 Å². The van der Waals surface area contributed by atoms with Crippen molar-refractivity contribution in [1.82, 2.24) is 9.78 Å². The number of rotatable bonds is 10. The first-order valence-electron chi connectivity index (χ1n) is 12.6. The van der Waals surface area contributed by atoms with Crippen molar-refractivity contribution >= 4 is 33.5 Å². The Labute approximate surface area is 240 Å². The van der Waals surface area contributed by atoms with Crippen LogP contribution >= 0.6 is 27.5 Å². The molecule has 0 radical (unpaired) electrons. The molecule has 39 heavy (non-hydrogen) atoms. The highest BCUT2D eigenvalue weighted by Gasteiger charge is 2.24. The molecule has 0 saturated carbocycles. The van der Waals surface area contributed by atoms with Gasteiger partial charge in [0.1, 0.15) is 12.4 Å². The molecule has 0 bridgehead atoms. The maximum atomic E-state index is 11.7. The molecule has 4 aromatic carbocycles. The first kappa shape index (κ1) is 26.7. The molecule has 1 aromatic heterocycles. The Kier molecular flexibility index (Phi) is 8.45. The Morgan fingerprint density at radius 1 is 0.897 bits per heavy atom. The molecular weight excluding hydrogens is 576 g/mol. The number of aromatic nitrogens is 2. The highest BCUT2D eigenvalue weighted by atomic mass is 79.9. The molecule has 0 aliphatic rings. The molecule has 5 rings (SSSR count). The summed E-state index contributed by atoms with van der Waals surface area (Å²) in [7, 11) is 0. The first-order chi connectivity index (χ1) is 19.0. The molecule has 1 N–H and O–H groups in total. The molecule has 0 amide bonds. The Bertz CT molecular complexity index is 1570. The van der Waals surface area contributed by atoms with Gasteiger partial charge in [-0.05, 0) is 47.9 Å². The molecule has 1 heterocycles. The van der Waals surface area contributed by atoms with Crippen LogP contribution in [0.3, 0.4) is 0 Å². The first-order valence-corrected chi connectivity index (χ1v) is 13.7. The van der Waals surface area contributed by atoms with Crippen molar-refractivity contribution < 1.29 is 14.6 Å². The Morgan fingerprint density at radius 3 is 2.23 bits per heavy atom. The summed E-state index contributed by atoms with van der Waals surface area (Å²) in [5.74, 6) is -0.239. The van der Waals surface area contributed by atoms with Gasteiger partial charge >= 0.3 is 5.97 Å². The lowest BCUT2D eigenvalue weighted by Gasteiger charge is -2.13. The highest BCUT2D eigenvalue weighted by molar-refractivity contribution is 9.10.